The second-order valence-corrected chi connectivity index (χ2v) is 10.9. The molecule has 0 aromatic carbocycles. The lowest BCUT2D eigenvalue weighted by Gasteiger charge is -2.50. The quantitative estimate of drug-likeness (QED) is 0.584. The molecular formula is C26H44N4O2. The first-order valence-corrected chi connectivity index (χ1v) is 13.4. The van der Waals surface area contributed by atoms with Crippen molar-refractivity contribution in [2.75, 3.05) is 13.2 Å². The van der Waals surface area contributed by atoms with E-state index in [2.05, 4.69) is 22.0 Å². The number of ether oxygens (including phenoxy) is 1. The van der Waals surface area contributed by atoms with Gasteiger partial charge in [-0.15, -0.1) is 0 Å². The smallest absolute Gasteiger partial charge is 0.217 e. The van der Waals surface area contributed by atoms with Gasteiger partial charge in [-0.1, -0.05) is 44.9 Å². The molecule has 0 radical (unpaired) electrons. The first-order chi connectivity index (χ1) is 15.6. The van der Waals surface area contributed by atoms with Gasteiger partial charge in [0.1, 0.15) is 0 Å². The van der Waals surface area contributed by atoms with Crippen molar-refractivity contribution in [2.45, 2.75) is 115 Å². The summed E-state index contributed by atoms with van der Waals surface area (Å²) < 4.78 is 6.02. The summed E-state index contributed by atoms with van der Waals surface area (Å²) in [6, 6.07) is 3.69. The van der Waals surface area contributed by atoms with Crippen molar-refractivity contribution in [3.63, 3.8) is 0 Å². The predicted octanol–water partition coefficient (Wildman–Crippen LogP) is 3.52. The van der Waals surface area contributed by atoms with Gasteiger partial charge in [0.15, 0.2) is 0 Å². The van der Waals surface area contributed by atoms with Crippen molar-refractivity contribution < 1.29 is 9.53 Å². The standard InChI is InChI=1S/C26H44N4O2/c1-3-32-25-14-23-22(13-24(25)29-17(2)31)26(20(15-27)16-28-23)30-21-11-7-10-19(12-21)18-8-5-4-6-9-18/h18-26,28,30H,3-14,16H2,1-2H3,(H,29,31). The van der Waals surface area contributed by atoms with Crippen LogP contribution in [-0.2, 0) is 9.53 Å². The van der Waals surface area contributed by atoms with Crippen molar-refractivity contribution in [2.24, 2.45) is 23.7 Å². The molecule has 1 saturated heterocycles. The maximum Gasteiger partial charge on any atom is 0.217 e. The van der Waals surface area contributed by atoms with Crippen LogP contribution in [0.15, 0.2) is 0 Å². The number of nitriles is 1. The van der Waals surface area contributed by atoms with Crippen LogP contribution in [0.4, 0.5) is 0 Å². The lowest BCUT2D eigenvalue weighted by Crippen LogP contribution is -2.66. The number of carbonyl (C=O) groups is 1. The van der Waals surface area contributed by atoms with Crippen LogP contribution in [0.3, 0.4) is 0 Å². The van der Waals surface area contributed by atoms with Gasteiger partial charge in [-0.05, 0) is 50.4 Å². The van der Waals surface area contributed by atoms with Gasteiger partial charge in [0.25, 0.3) is 0 Å². The number of hydrogen-bond donors (Lipinski definition) is 3. The van der Waals surface area contributed by atoms with Gasteiger partial charge < -0.3 is 20.7 Å². The Kier molecular flexibility index (Phi) is 8.48. The summed E-state index contributed by atoms with van der Waals surface area (Å²) in [5, 5.41) is 20.8. The molecule has 8 unspecified atom stereocenters. The molecule has 0 bridgehead atoms. The number of fused-ring (bicyclic) bond motifs is 1. The van der Waals surface area contributed by atoms with Crippen LogP contribution in [0.25, 0.3) is 0 Å². The van der Waals surface area contributed by atoms with E-state index in [0.717, 1.165) is 31.2 Å². The minimum absolute atomic E-state index is 0.00543. The Morgan fingerprint density at radius 3 is 2.56 bits per heavy atom. The highest BCUT2D eigenvalue weighted by molar-refractivity contribution is 5.73. The number of nitrogens with one attached hydrogen (secondary N) is 3. The summed E-state index contributed by atoms with van der Waals surface area (Å²) in [7, 11) is 0. The van der Waals surface area contributed by atoms with Crippen molar-refractivity contribution in [1.82, 2.24) is 16.0 Å². The zero-order chi connectivity index (χ0) is 22.5. The number of nitrogens with zero attached hydrogens (tertiary/aromatic N) is 1. The van der Waals surface area contributed by atoms with Crippen LogP contribution in [-0.4, -0.2) is 49.3 Å². The summed E-state index contributed by atoms with van der Waals surface area (Å²) in [6.07, 6.45) is 14.1. The van der Waals surface area contributed by atoms with E-state index in [1.165, 1.54) is 57.8 Å². The van der Waals surface area contributed by atoms with Crippen molar-refractivity contribution in [3.8, 4) is 6.07 Å². The topological polar surface area (TPSA) is 86.2 Å². The molecule has 32 heavy (non-hydrogen) atoms. The molecule has 6 heteroatoms. The van der Waals surface area contributed by atoms with Crippen LogP contribution in [0, 0.1) is 35.0 Å². The van der Waals surface area contributed by atoms with Crippen LogP contribution in [0.5, 0.6) is 0 Å². The molecule has 4 rings (SSSR count). The van der Waals surface area contributed by atoms with Gasteiger partial charge in [-0.25, -0.2) is 0 Å². The predicted molar refractivity (Wildman–Crippen MR) is 126 cm³/mol. The maximum absolute atomic E-state index is 11.9. The second kappa shape index (κ2) is 11.3. The fourth-order valence-electron chi connectivity index (χ4n) is 7.40. The van der Waals surface area contributed by atoms with Crippen LogP contribution < -0.4 is 16.0 Å². The molecule has 0 spiro atoms. The van der Waals surface area contributed by atoms with Gasteiger partial charge in [-0.2, -0.15) is 5.26 Å². The van der Waals surface area contributed by atoms with E-state index in [0.29, 0.717) is 24.6 Å². The fourth-order valence-corrected chi connectivity index (χ4v) is 7.40. The molecule has 3 saturated carbocycles. The Bertz CT molecular complexity index is 659. The molecule has 0 aromatic heterocycles. The fraction of sp³-hybridized carbons (Fsp3) is 0.923. The second-order valence-electron chi connectivity index (χ2n) is 10.9. The van der Waals surface area contributed by atoms with E-state index in [-0.39, 0.29) is 30.0 Å². The van der Waals surface area contributed by atoms with Crippen LogP contribution >= 0.6 is 0 Å². The molecule has 180 valence electrons. The molecule has 8 atom stereocenters. The summed E-state index contributed by atoms with van der Waals surface area (Å²) >= 11 is 0. The average Bonchev–Trinajstić information content (AvgIpc) is 2.80. The number of amides is 1. The average molecular weight is 445 g/mol. The van der Waals surface area contributed by atoms with Gasteiger partial charge in [0.2, 0.25) is 5.91 Å². The molecule has 1 amide bonds. The Morgan fingerprint density at radius 1 is 1.06 bits per heavy atom. The minimum Gasteiger partial charge on any atom is -0.376 e. The largest absolute Gasteiger partial charge is 0.376 e. The number of carbonyl (C=O) groups excluding carboxylic acids is 1. The molecule has 3 N–H and O–H groups in total. The van der Waals surface area contributed by atoms with Crippen molar-refractivity contribution >= 4 is 5.91 Å². The maximum atomic E-state index is 11.9. The lowest BCUT2D eigenvalue weighted by atomic mass is 9.68. The van der Waals surface area contributed by atoms with E-state index >= 15 is 0 Å². The lowest BCUT2D eigenvalue weighted by molar-refractivity contribution is -0.122. The molecule has 0 aromatic rings. The number of hydrogen-bond acceptors (Lipinski definition) is 5. The van der Waals surface area contributed by atoms with E-state index < -0.39 is 0 Å². The highest BCUT2D eigenvalue weighted by Crippen LogP contribution is 2.40. The first-order valence-electron chi connectivity index (χ1n) is 13.4. The summed E-state index contributed by atoms with van der Waals surface area (Å²) in [4.78, 5) is 11.9. The third-order valence-corrected chi connectivity index (χ3v) is 8.87. The van der Waals surface area contributed by atoms with Crippen LogP contribution in [0.2, 0.25) is 0 Å². The third-order valence-electron chi connectivity index (χ3n) is 8.87. The highest BCUT2D eigenvalue weighted by atomic mass is 16.5. The van der Waals surface area contributed by atoms with E-state index in [1.54, 1.807) is 6.92 Å². The van der Waals surface area contributed by atoms with Crippen molar-refractivity contribution in [3.05, 3.63) is 0 Å². The van der Waals surface area contributed by atoms with E-state index in [1.807, 2.05) is 6.92 Å². The molecule has 1 heterocycles. The summed E-state index contributed by atoms with van der Waals surface area (Å²) in [5.74, 6) is 2.11. The molecule has 4 aliphatic rings. The van der Waals surface area contributed by atoms with Gasteiger partial charge >= 0.3 is 0 Å². The Morgan fingerprint density at radius 2 is 1.84 bits per heavy atom. The molecule has 1 aliphatic heterocycles. The third kappa shape index (κ3) is 5.66. The SMILES string of the molecule is CCOC1CC2NCC(C#N)C(NC3CCCC(C4CCCCC4)C3)C2CC1NC(C)=O. The normalized spacial score (nSPS) is 40.8. The highest BCUT2D eigenvalue weighted by Gasteiger charge is 2.47. The minimum atomic E-state index is -0.0204. The zero-order valence-corrected chi connectivity index (χ0v) is 20.2. The Hall–Kier alpha value is -1.16. The number of rotatable bonds is 6. The Labute approximate surface area is 194 Å². The Balaban J connectivity index is 1.44. The summed E-state index contributed by atoms with van der Waals surface area (Å²) in [5.41, 5.74) is 0. The molecular weight excluding hydrogens is 400 g/mol. The monoisotopic (exact) mass is 444 g/mol. The summed E-state index contributed by atoms with van der Waals surface area (Å²) in [6.45, 7) is 5.02. The van der Waals surface area contributed by atoms with Gasteiger partial charge in [0.05, 0.1) is 24.1 Å². The first kappa shape index (κ1) is 24.0. The van der Waals surface area contributed by atoms with E-state index in [4.69, 9.17) is 4.74 Å². The van der Waals surface area contributed by atoms with Gasteiger partial charge in [0, 0.05) is 38.2 Å². The molecule has 6 nitrogen and oxygen atoms in total. The molecule has 4 fully saturated rings. The van der Waals surface area contributed by atoms with E-state index in [9.17, 15) is 10.1 Å². The zero-order valence-electron chi connectivity index (χ0n) is 20.2. The number of piperidine rings is 1. The van der Waals surface area contributed by atoms with Gasteiger partial charge in [-0.3, -0.25) is 4.79 Å². The molecule has 3 aliphatic carbocycles. The van der Waals surface area contributed by atoms with Crippen LogP contribution in [0.1, 0.15) is 84.5 Å². The van der Waals surface area contributed by atoms with Crippen molar-refractivity contribution in [1.29, 1.82) is 5.26 Å².